The first-order valence-electron chi connectivity index (χ1n) is 6.64. The fourth-order valence-corrected chi connectivity index (χ4v) is 2.14. The van der Waals surface area contributed by atoms with Crippen LogP contribution in [0.3, 0.4) is 0 Å². The maximum Gasteiger partial charge on any atom is 0.255 e. The van der Waals surface area contributed by atoms with Gasteiger partial charge in [0.2, 0.25) is 0 Å². The van der Waals surface area contributed by atoms with E-state index in [0.717, 1.165) is 12.4 Å². The minimum absolute atomic E-state index is 0.143. The number of rotatable bonds is 5. The van der Waals surface area contributed by atoms with Crippen LogP contribution in [0.2, 0.25) is 5.02 Å². The normalized spacial score (nSPS) is 10.5. The molecule has 0 bridgehead atoms. The summed E-state index contributed by atoms with van der Waals surface area (Å²) in [5.74, 6) is 1.26. The van der Waals surface area contributed by atoms with Crippen LogP contribution in [0.1, 0.15) is 23.1 Å². The number of pyridine rings is 1. The maximum atomic E-state index is 12.4. The standard InChI is InChI=1S/C14H18ClN5O/c1-4-16-13-11(15)7-10(8-18-13)14(21)20(3)9-12-17-5-6-19(12)2/h5-8H,4,9H2,1-3H3,(H,16,18). The second-order valence-electron chi connectivity index (χ2n) is 4.70. The fourth-order valence-electron chi connectivity index (χ4n) is 1.91. The first-order valence-corrected chi connectivity index (χ1v) is 7.01. The Morgan fingerprint density at radius 3 is 2.81 bits per heavy atom. The van der Waals surface area contributed by atoms with Gasteiger partial charge < -0.3 is 14.8 Å². The molecule has 0 aromatic carbocycles. The molecule has 2 rings (SSSR count). The molecule has 0 saturated heterocycles. The van der Waals surface area contributed by atoms with Crippen LogP contribution in [0.4, 0.5) is 5.82 Å². The molecule has 112 valence electrons. The summed E-state index contributed by atoms with van der Waals surface area (Å²) in [5.41, 5.74) is 0.457. The SMILES string of the molecule is CCNc1ncc(C(=O)N(C)Cc2nccn2C)cc1Cl. The van der Waals surface area contributed by atoms with Crippen molar-refractivity contribution in [3.63, 3.8) is 0 Å². The van der Waals surface area contributed by atoms with Gasteiger partial charge in [-0.2, -0.15) is 0 Å². The van der Waals surface area contributed by atoms with E-state index >= 15 is 0 Å². The lowest BCUT2D eigenvalue weighted by atomic mass is 10.2. The fraction of sp³-hybridized carbons (Fsp3) is 0.357. The van der Waals surface area contributed by atoms with Gasteiger partial charge in [-0.15, -0.1) is 0 Å². The van der Waals surface area contributed by atoms with Crippen LogP contribution in [0.5, 0.6) is 0 Å². The minimum Gasteiger partial charge on any atom is -0.369 e. The van der Waals surface area contributed by atoms with Crippen LogP contribution in [0.15, 0.2) is 24.7 Å². The Labute approximate surface area is 128 Å². The van der Waals surface area contributed by atoms with Gasteiger partial charge in [-0.3, -0.25) is 4.79 Å². The molecule has 0 fully saturated rings. The molecule has 1 N–H and O–H groups in total. The summed E-state index contributed by atoms with van der Waals surface area (Å²) in [6, 6.07) is 1.63. The zero-order valence-electron chi connectivity index (χ0n) is 12.3. The van der Waals surface area contributed by atoms with Gasteiger partial charge in [0.15, 0.2) is 0 Å². The molecule has 0 spiro atoms. The second-order valence-corrected chi connectivity index (χ2v) is 5.11. The molecule has 0 aliphatic rings. The summed E-state index contributed by atoms with van der Waals surface area (Å²) in [6.45, 7) is 3.10. The Bertz CT molecular complexity index is 640. The number of carbonyl (C=O) groups excluding carboxylic acids is 1. The van der Waals surface area contributed by atoms with Crippen molar-refractivity contribution in [1.29, 1.82) is 0 Å². The number of nitrogens with one attached hydrogen (secondary N) is 1. The van der Waals surface area contributed by atoms with Gasteiger partial charge in [0.05, 0.1) is 17.1 Å². The Morgan fingerprint density at radius 1 is 1.48 bits per heavy atom. The molecule has 6 nitrogen and oxygen atoms in total. The molecule has 0 unspecified atom stereocenters. The Kier molecular flexibility index (Phi) is 4.80. The van der Waals surface area contributed by atoms with E-state index in [1.165, 1.54) is 6.20 Å². The quantitative estimate of drug-likeness (QED) is 0.919. The average Bonchev–Trinajstić information content (AvgIpc) is 2.86. The van der Waals surface area contributed by atoms with Gasteiger partial charge in [-0.05, 0) is 13.0 Å². The largest absolute Gasteiger partial charge is 0.369 e. The zero-order chi connectivity index (χ0) is 15.4. The number of hydrogen-bond donors (Lipinski definition) is 1. The first kappa shape index (κ1) is 15.3. The lowest BCUT2D eigenvalue weighted by molar-refractivity contribution is 0.0780. The summed E-state index contributed by atoms with van der Waals surface area (Å²) < 4.78 is 1.88. The summed E-state index contributed by atoms with van der Waals surface area (Å²) in [5, 5.41) is 3.47. The third-order valence-electron chi connectivity index (χ3n) is 3.08. The molecule has 1 amide bonds. The van der Waals surface area contributed by atoms with Crippen molar-refractivity contribution in [1.82, 2.24) is 19.4 Å². The molecule has 0 radical (unpaired) electrons. The van der Waals surface area contributed by atoms with Crippen molar-refractivity contribution >= 4 is 23.3 Å². The van der Waals surface area contributed by atoms with E-state index in [-0.39, 0.29) is 5.91 Å². The van der Waals surface area contributed by atoms with E-state index in [4.69, 9.17) is 11.6 Å². The first-order chi connectivity index (χ1) is 10.0. The molecule has 0 aliphatic heterocycles. The van der Waals surface area contributed by atoms with Gasteiger partial charge in [-0.25, -0.2) is 9.97 Å². The smallest absolute Gasteiger partial charge is 0.255 e. The summed E-state index contributed by atoms with van der Waals surface area (Å²) in [7, 11) is 3.62. The Hall–Kier alpha value is -2.08. The molecule has 21 heavy (non-hydrogen) atoms. The third kappa shape index (κ3) is 3.52. The summed E-state index contributed by atoms with van der Waals surface area (Å²) in [4.78, 5) is 22.3. The predicted octanol–water partition coefficient (Wildman–Crippen LogP) is 2.17. The highest BCUT2D eigenvalue weighted by Gasteiger charge is 2.15. The van der Waals surface area contributed by atoms with Crippen molar-refractivity contribution in [2.75, 3.05) is 18.9 Å². The molecule has 2 aromatic heterocycles. The zero-order valence-corrected chi connectivity index (χ0v) is 13.1. The highest BCUT2D eigenvalue weighted by atomic mass is 35.5. The minimum atomic E-state index is -0.143. The highest BCUT2D eigenvalue weighted by Crippen LogP contribution is 2.20. The molecule has 0 saturated carbocycles. The number of anilines is 1. The monoisotopic (exact) mass is 307 g/mol. The van der Waals surface area contributed by atoms with E-state index in [9.17, 15) is 4.79 Å². The van der Waals surface area contributed by atoms with Crippen molar-refractivity contribution in [3.8, 4) is 0 Å². The number of aromatic nitrogens is 3. The van der Waals surface area contributed by atoms with Gasteiger partial charge in [0.25, 0.3) is 5.91 Å². The van der Waals surface area contributed by atoms with E-state index < -0.39 is 0 Å². The molecular weight excluding hydrogens is 290 g/mol. The van der Waals surface area contributed by atoms with Gasteiger partial charge in [0.1, 0.15) is 11.6 Å². The number of imidazole rings is 1. The molecule has 2 heterocycles. The van der Waals surface area contributed by atoms with Crippen molar-refractivity contribution in [2.45, 2.75) is 13.5 Å². The van der Waals surface area contributed by atoms with Gasteiger partial charge in [0, 0.05) is 39.2 Å². The molecule has 0 aliphatic carbocycles. The Morgan fingerprint density at radius 2 is 2.24 bits per heavy atom. The van der Waals surface area contributed by atoms with Gasteiger partial charge >= 0.3 is 0 Å². The number of halogens is 1. The third-order valence-corrected chi connectivity index (χ3v) is 3.37. The number of nitrogens with zero attached hydrogens (tertiary/aromatic N) is 4. The molecule has 0 atom stereocenters. The van der Waals surface area contributed by atoms with Crippen LogP contribution >= 0.6 is 11.6 Å². The Balaban J connectivity index is 2.12. The van der Waals surface area contributed by atoms with Crippen LogP contribution < -0.4 is 5.32 Å². The molecular formula is C14H18ClN5O. The van der Waals surface area contributed by atoms with Crippen LogP contribution in [-0.4, -0.2) is 38.9 Å². The van der Waals surface area contributed by atoms with Crippen LogP contribution in [0.25, 0.3) is 0 Å². The van der Waals surface area contributed by atoms with E-state index in [2.05, 4.69) is 15.3 Å². The van der Waals surface area contributed by atoms with Crippen molar-refractivity contribution in [3.05, 3.63) is 41.1 Å². The lowest BCUT2D eigenvalue weighted by Crippen LogP contribution is -2.27. The van der Waals surface area contributed by atoms with Gasteiger partial charge in [-0.1, -0.05) is 11.6 Å². The second kappa shape index (κ2) is 6.58. The highest BCUT2D eigenvalue weighted by molar-refractivity contribution is 6.33. The van der Waals surface area contributed by atoms with Crippen molar-refractivity contribution < 1.29 is 4.79 Å². The topological polar surface area (TPSA) is 63.1 Å². The number of hydrogen-bond acceptors (Lipinski definition) is 4. The number of aryl methyl sites for hydroxylation is 1. The molecule has 2 aromatic rings. The summed E-state index contributed by atoms with van der Waals surface area (Å²) in [6.07, 6.45) is 5.08. The van der Waals surface area contributed by atoms with Crippen molar-refractivity contribution in [2.24, 2.45) is 7.05 Å². The maximum absolute atomic E-state index is 12.4. The number of carbonyl (C=O) groups is 1. The molecule has 7 heteroatoms. The van der Waals surface area contributed by atoms with E-state index in [1.807, 2.05) is 24.7 Å². The van der Waals surface area contributed by atoms with Crippen LogP contribution in [0, 0.1) is 0 Å². The van der Waals surface area contributed by atoms with E-state index in [1.54, 1.807) is 24.2 Å². The lowest BCUT2D eigenvalue weighted by Gasteiger charge is -2.17. The summed E-state index contributed by atoms with van der Waals surface area (Å²) >= 11 is 6.11. The average molecular weight is 308 g/mol. The number of amides is 1. The van der Waals surface area contributed by atoms with E-state index in [0.29, 0.717) is 22.9 Å². The van der Waals surface area contributed by atoms with Crippen LogP contribution in [-0.2, 0) is 13.6 Å². The predicted molar refractivity (Wildman–Crippen MR) is 82.4 cm³/mol.